The molecule has 0 unspecified atom stereocenters. The average Bonchev–Trinajstić information content (AvgIpc) is 3.23. The summed E-state index contributed by atoms with van der Waals surface area (Å²) in [5, 5.41) is 27.7. The number of rotatable bonds is 5. The van der Waals surface area contributed by atoms with E-state index in [9.17, 15) is 15.0 Å². The van der Waals surface area contributed by atoms with Crippen molar-refractivity contribution in [3.05, 3.63) is 71.3 Å². The average molecular weight is 380 g/mol. The van der Waals surface area contributed by atoms with Crippen LogP contribution < -0.4 is 9.62 Å². The number of carbonyl (C=O) groups is 1. The zero-order valence-corrected chi connectivity index (χ0v) is 15.1. The maximum absolute atomic E-state index is 12.6. The van der Waals surface area contributed by atoms with E-state index in [0.29, 0.717) is 17.1 Å². The molecule has 4 rings (SSSR count). The highest BCUT2D eigenvalue weighted by Gasteiger charge is 2.40. The molecular formula is C22H20O6. The van der Waals surface area contributed by atoms with Gasteiger partial charge in [0, 0.05) is 0 Å². The summed E-state index contributed by atoms with van der Waals surface area (Å²) < 4.78 is 5.73. The van der Waals surface area contributed by atoms with Gasteiger partial charge >= 0.3 is 0 Å². The number of hydrogen-bond acceptors (Lipinski definition) is 6. The molecular weight excluding hydrogens is 360 g/mol. The lowest BCUT2D eigenvalue weighted by molar-refractivity contribution is -0.137. The minimum Gasteiger partial charge on any atom is -0.481 e. The highest BCUT2D eigenvalue weighted by Crippen LogP contribution is 2.38. The number of fused-ring (bicyclic) bond motifs is 1. The van der Waals surface area contributed by atoms with E-state index in [2.05, 4.69) is 17.0 Å². The molecule has 1 heterocycles. The molecule has 2 aromatic carbocycles. The molecule has 0 saturated heterocycles. The van der Waals surface area contributed by atoms with Crippen molar-refractivity contribution >= 4 is 16.9 Å². The van der Waals surface area contributed by atoms with Crippen LogP contribution in [-0.4, -0.2) is 40.1 Å². The molecule has 0 atom stereocenters. The summed E-state index contributed by atoms with van der Waals surface area (Å²) in [5.74, 6) is 0.605. The van der Waals surface area contributed by atoms with E-state index in [1.54, 1.807) is 18.2 Å². The summed E-state index contributed by atoms with van der Waals surface area (Å²) in [6.45, 7) is -0.843. The Hall–Kier alpha value is -2.93. The monoisotopic (exact) mass is 380 g/mol. The normalized spacial score (nSPS) is 17.5. The maximum Gasteiger partial charge on any atom is 0.170 e. The lowest BCUT2D eigenvalue weighted by Gasteiger charge is -2.35. The third-order valence-electron chi connectivity index (χ3n) is 5.20. The fraction of sp³-hybridized carbons (Fsp3) is 0.227. The van der Waals surface area contributed by atoms with E-state index < -0.39 is 18.8 Å². The van der Waals surface area contributed by atoms with Gasteiger partial charge in [0.1, 0.15) is 5.75 Å². The zero-order valence-electron chi connectivity index (χ0n) is 15.1. The number of aliphatic hydroxyl groups excluding tert-OH is 2. The molecule has 0 amide bonds. The molecule has 6 heteroatoms. The van der Waals surface area contributed by atoms with Crippen LogP contribution in [0.15, 0.2) is 54.6 Å². The molecule has 1 aliphatic carbocycles. The molecule has 0 radical (unpaired) electrons. The molecule has 144 valence electrons. The lowest BCUT2D eigenvalue weighted by Crippen LogP contribution is -2.48. The fourth-order valence-corrected chi connectivity index (χ4v) is 3.56. The second-order valence-electron chi connectivity index (χ2n) is 7.06. The number of ether oxygens (including phenoxy) is 1. The van der Waals surface area contributed by atoms with Gasteiger partial charge in [0.05, 0.1) is 25.2 Å². The Morgan fingerprint density at radius 3 is 2.43 bits per heavy atom. The van der Waals surface area contributed by atoms with Crippen molar-refractivity contribution in [2.45, 2.75) is 18.4 Å². The van der Waals surface area contributed by atoms with Crippen molar-refractivity contribution in [2.75, 3.05) is 13.2 Å². The second kappa shape index (κ2) is 7.24. The van der Waals surface area contributed by atoms with Gasteiger partial charge in [-0.2, -0.15) is 0 Å². The quantitative estimate of drug-likeness (QED) is 0.545. The van der Waals surface area contributed by atoms with Gasteiger partial charge in [-0.3, -0.25) is 4.79 Å². The Kier molecular flexibility index (Phi) is 4.77. The largest absolute Gasteiger partial charge is 0.481 e. The third-order valence-corrected chi connectivity index (χ3v) is 5.20. The van der Waals surface area contributed by atoms with Crippen LogP contribution in [0.25, 0.3) is 11.1 Å². The van der Waals surface area contributed by atoms with Gasteiger partial charge in [0.15, 0.2) is 17.1 Å². The first-order valence-corrected chi connectivity index (χ1v) is 8.98. The molecule has 2 aromatic rings. The molecule has 28 heavy (non-hydrogen) atoms. The van der Waals surface area contributed by atoms with Crippen LogP contribution in [-0.2, 0) is 0 Å². The summed E-state index contributed by atoms with van der Waals surface area (Å²) in [7, 11) is 0. The van der Waals surface area contributed by atoms with Gasteiger partial charge in [-0.15, -0.1) is 0 Å². The van der Waals surface area contributed by atoms with E-state index in [1.165, 1.54) is 0 Å². The van der Waals surface area contributed by atoms with Crippen LogP contribution in [0.4, 0.5) is 0 Å². The number of ketones is 1. The predicted molar refractivity (Wildman–Crippen MR) is 103 cm³/mol. The van der Waals surface area contributed by atoms with Gasteiger partial charge in [-0.1, -0.05) is 30.4 Å². The first-order valence-electron chi connectivity index (χ1n) is 8.98. The number of benzene rings is 2. The van der Waals surface area contributed by atoms with Crippen molar-refractivity contribution in [3.63, 3.8) is 0 Å². The summed E-state index contributed by atoms with van der Waals surface area (Å²) in [5.41, 5.74) is 3.28. The summed E-state index contributed by atoms with van der Waals surface area (Å²) in [4.78, 5) is 16.8. The minimum absolute atomic E-state index is 0.0573. The van der Waals surface area contributed by atoms with Crippen LogP contribution in [0.5, 0.6) is 11.5 Å². The Balaban J connectivity index is 1.60. The molecule has 2 aliphatic rings. The first kappa shape index (κ1) is 18.4. The molecule has 0 spiro atoms. The van der Waals surface area contributed by atoms with Gasteiger partial charge in [0.2, 0.25) is 0 Å². The Bertz CT molecular complexity index is 967. The number of Topliss-reactive ketones (excluding diaryl/α,β-unsaturated/α-hetero) is 1. The Morgan fingerprint density at radius 2 is 1.75 bits per heavy atom. The van der Waals surface area contributed by atoms with Gasteiger partial charge in [-0.05, 0) is 53.0 Å². The topological polar surface area (TPSA) is 96.2 Å². The lowest BCUT2D eigenvalue weighted by atomic mass is 9.89. The predicted octanol–water partition coefficient (Wildman–Crippen LogP) is 3.10. The number of carbonyl (C=O) groups excluding carboxylic acids is 1. The SMILES string of the molecule is O=C1CC(CO)(CO)Oc2ccc(C3=CC(c4ccc(OO)cc4)=CC3)cc21. The number of hydrogen-bond donors (Lipinski definition) is 3. The maximum atomic E-state index is 12.6. The van der Waals surface area contributed by atoms with Gasteiger partial charge < -0.3 is 19.8 Å². The zero-order chi connectivity index (χ0) is 19.7. The van der Waals surface area contributed by atoms with E-state index in [1.807, 2.05) is 24.3 Å². The summed E-state index contributed by atoms with van der Waals surface area (Å²) >= 11 is 0. The van der Waals surface area contributed by atoms with Crippen LogP contribution in [0, 0.1) is 0 Å². The number of aliphatic hydroxyl groups is 2. The van der Waals surface area contributed by atoms with Crippen molar-refractivity contribution in [1.82, 2.24) is 0 Å². The molecule has 0 aromatic heterocycles. The highest BCUT2D eigenvalue weighted by atomic mass is 17.1. The van der Waals surface area contributed by atoms with E-state index in [4.69, 9.17) is 9.99 Å². The molecule has 0 saturated carbocycles. The van der Waals surface area contributed by atoms with Crippen molar-refractivity contribution in [3.8, 4) is 11.5 Å². The van der Waals surface area contributed by atoms with Gasteiger partial charge in [0.25, 0.3) is 0 Å². The molecule has 6 nitrogen and oxygen atoms in total. The Labute approximate surface area is 161 Å². The van der Waals surface area contributed by atoms with Crippen LogP contribution in [0.3, 0.4) is 0 Å². The van der Waals surface area contributed by atoms with Gasteiger partial charge in [-0.25, -0.2) is 5.26 Å². The Morgan fingerprint density at radius 1 is 1.04 bits per heavy atom. The smallest absolute Gasteiger partial charge is 0.170 e. The highest BCUT2D eigenvalue weighted by molar-refractivity contribution is 6.01. The second-order valence-corrected chi connectivity index (χ2v) is 7.06. The molecule has 0 fully saturated rings. The van der Waals surface area contributed by atoms with Crippen LogP contribution in [0.1, 0.15) is 34.3 Å². The summed E-state index contributed by atoms with van der Waals surface area (Å²) in [6, 6.07) is 12.5. The molecule has 3 N–H and O–H groups in total. The molecule has 0 bridgehead atoms. The third kappa shape index (κ3) is 3.22. The molecule has 1 aliphatic heterocycles. The van der Waals surface area contributed by atoms with Crippen molar-refractivity contribution < 1.29 is 29.9 Å². The summed E-state index contributed by atoms with van der Waals surface area (Å²) in [6.07, 6.45) is 4.85. The van der Waals surface area contributed by atoms with Crippen LogP contribution >= 0.6 is 0 Å². The fourth-order valence-electron chi connectivity index (χ4n) is 3.56. The van der Waals surface area contributed by atoms with Crippen LogP contribution in [0.2, 0.25) is 0 Å². The standard InChI is InChI=1S/C22H20O6/c23-12-22(13-24)11-20(25)19-10-17(5-8-21(19)27-22)16-2-1-15(9-16)14-3-6-18(28-26)7-4-14/h1,3-10,23-24,26H,2,11-13H2. The van der Waals surface area contributed by atoms with E-state index in [0.717, 1.165) is 28.7 Å². The minimum atomic E-state index is -1.25. The van der Waals surface area contributed by atoms with Crippen molar-refractivity contribution in [1.29, 1.82) is 0 Å². The first-order chi connectivity index (χ1) is 13.6. The number of allylic oxidation sites excluding steroid dienone is 4. The van der Waals surface area contributed by atoms with E-state index >= 15 is 0 Å². The van der Waals surface area contributed by atoms with E-state index in [-0.39, 0.29) is 12.2 Å². The van der Waals surface area contributed by atoms with Crippen molar-refractivity contribution in [2.24, 2.45) is 0 Å².